The first-order chi connectivity index (χ1) is 7.70. The van der Waals surface area contributed by atoms with Gasteiger partial charge < -0.3 is 5.32 Å². The summed E-state index contributed by atoms with van der Waals surface area (Å²) in [7, 11) is 0. The summed E-state index contributed by atoms with van der Waals surface area (Å²) in [6.45, 7) is 9.07. The van der Waals surface area contributed by atoms with Gasteiger partial charge in [-0.05, 0) is 31.2 Å². The molecule has 0 saturated carbocycles. The molecule has 3 heteroatoms. The van der Waals surface area contributed by atoms with E-state index in [0.29, 0.717) is 5.41 Å². The molecule has 1 N–H and O–H groups in total. The van der Waals surface area contributed by atoms with Crippen LogP contribution >= 0.6 is 11.3 Å². The zero-order valence-corrected chi connectivity index (χ0v) is 11.6. The number of nitrogens with zero attached hydrogens (tertiary/aromatic N) is 1. The van der Waals surface area contributed by atoms with Crippen molar-refractivity contribution < 1.29 is 0 Å². The molecule has 0 aliphatic rings. The van der Waals surface area contributed by atoms with E-state index in [1.54, 1.807) is 11.3 Å². The summed E-state index contributed by atoms with van der Waals surface area (Å²) in [6, 6.07) is 0. The van der Waals surface area contributed by atoms with Crippen LogP contribution in [0.2, 0.25) is 0 Å². The lowest BCUT2D eigenvalue weighted by atomic mass is 9.81. The van der Waals surface area contributed by atoms with Crippen LogP contribution in [0.25, 0.3) is 0 Å². The highest BCUT2D eigenvalue weighted by Crippen LogP contribution is 2.27. The van der Waals surface area contributed by atoms with Crippen LogP contribution in [0, 0.1) is 5.41 Å². The molecule has 0 aromatic carbocycles. The minimum atomic E-state index is 0.359. The van der Waals surface area contributed by atoms with Gasteiger partial charge in [-0.15, -0.1) is 11.3 Å². The van der Waals surface area contributed by atoms with Crippen molar-refractivity contribution in [1.82, 2.24) is 10.3 Å². The molecule has 0 aliphatic heterocycles. The Morgan fingerprint density at radius 3 is 2.75 bits per heavy atom. The Morgan fingerprint density at radius 1 is 1.38 bits per heavy atom. The quantitative estimate of drug-likeness (QED) is 0.704. The minimum Gasteiger partial charge on any atom is -0.316 e. The molecule has 1 aromatic heterocycles. The van der Waals surface area contributed by atoms with Crippen molar-refractivity contribution in [2.24, 2.45) is 5.41 Å². The fourth-order valence-electron chi connectivity index (χ4n) is 2.17. The van der Waals surface area contributed by atoms with E-state index in [4.69, 9.17) is 0 Å². The average molecular weight is 240 g/mol. The van der Waals surface area contributed by atoms with E-state index in [1.807, 2.05) is 5.51 Å². The van der Waals surface area contributed by atoms with Crippen molar-refractivity contribution in [2.75, 3.05) is 13.1 Å². The molecule has 0 saturated heterocycles. The lowest BCUT2D eigenvalue weighted by molar-refractivity contribution is 0.273. The molecule has 1 rings (SSSR count). The third-order valence-corrected chi connectivity index (χ3v) is 3.56. The van der Waals surface area contributed by atoms with Gasteiger partial charge in [-0.25, -0.2) is 4.98 Å². The third kappa shape index (κ3) is 4.62. The van der Waals surface area contributed by atoms with Crippen LogP contribution in [-0.4, -0.2) is 18.1 Å². The Labute approximate surface area is 103 Å². The second-order valence-electron chi connectivity index (χ2n) is 4.89. The molecular formula is C13H24N2S. The SMILES string of the molecule is CCCNCC(C)(CCC)Cc1cscn1. The molecule has 0 aliphatic carbocycles. The first kappa shape index (κ1) is 13.7. The van der Waals surface area contributed by atoms with Crippen molar-refractivity contribution in [2.45, 2.75) is 46.5 Å². The number of thiazole rings is 1. The fraction of sp³-hybridized carbons (Fsp3) is 0.769. The highest BCUT2D eigenvalue weighted by molar-refractivity contribution is 7.07. The van der Waals surface area contributed by atoms with Crippen LogP contribution in [0.4, 0.5) is 0 Å². The maximum absolute atomic E-state index is 4.40. The van der Waals surface area contributed by atoms with Gasteiger partial charge in [0.05, 0.1) is 11.2 Å². The van der Waals surface area contributed by atoms with Crippen LogP contribution in [0.15, 0.2) is 10.9 Å². The molecular weight excluding hydrogens is 216 g/mol. The van der Waals surface area contributed by atoms with Crippen LogP contribution in [0.1, 0.15) is 45.7 Å². The minimum absolute atomic E-state index is 0.359. The molecule has 0 fully saturated rings. The van der Waals surface area contributed by atoms with Gasteiger partial charge in [-0.1, -0.05) is 27.2 Å². The van der Waals surface area contributed by atoms with Crippen molar-refractivity contribution in [3.63, 3.8) is 0 Å². The van der Waals surface area contributed by atoms with E-state index >= 15 is 0 Å². The van der Waals surface area contributed by atoms with Gasteiger partial charge in [0.25, 0.3) is 0 Å². The zero-order chi connectivity index (χ0) is 11.9. The maximum Gasteiger partial charge on any atom is 0.0794 e. The topological polar surface area (TPSA) is 24.9 Å². The highest BCUT2D eigenvalue weighted by Gasteiger charge is 2.24. The molecule has 0 amide bonds. The average Bonchev–Trinajstić information content (AvgIpc) is 2.71. The lowest BCUT2D eigenvalue weighted by Crippen LogP contribution is -2.34. The monoisotopic (exact) mass is 240 g/mol. The van der Waals surface area contributed by atoms with Crippen molar-refractivity contribution in [3.8, 4) is 0 Å². The molecule has 1 atom stereocenters. The summed E-state index contributed by atoms with van der Waals surface area (Å²) >= 11 is 1.70. The van der Waals surface area contributed by atoms with E-state index in [9.17, 15) is 0 Å². The number of hydrogen-bond donors (Lipinski definition) is 1. The Kier molecular flexibility index (Phi) is 5.99. The fourth-order valence-corrected chi connectivity index (χ4v) is 2.73. The molecule has 0 bridgehead atoms. The van der Waals surface area contributed by atoms with Crippen molar-refractivity contribution in [3.05, 3.63) is 16.6 Å². The molecule has 1 heterocycles. The zero-order valence-electron chi connectivity index (χ0n) is 10.8. The van der Waals surface area contributed by atoms with Gasteiger partial charge in [0, 0.05) is 11.9 Å². The van der Waals surface area contributed by atoms with Gasteiger partial charge in [0.2, 0.25) is 0 Å². The Bertz CT molecular complexity index is 271. The third-order valence-electron chi connectivity index (χ3n) is 2.92. The van der Waals surface area contributed by atoms with Crippen LogP contribution < -0.4 is 5.32 Å². The molecule has 1 unspecified atom stereocenters. The maximum atomic E-state index is 4.40. The predicted octanol–water partition coefficient (Wildman–Crippen LogP) is 3.49. The largest absolute Gasteiger partial charge is 0.316 e. The van der Waals surface area contributed by atoms with Gasteiger partial charge in [0.1, 0.15) is 0 Å². The van der Waals surface area contributed by atoms with E-state index in [1.165, 1.54) is 25.0 Å². The van der Waals surface area contributed by atoms with Crippen LogP contribution in [0.3, 0.4) is 0 Å². The standard InChI is InChI=1S/C13H24N2S/c1-4-6-13(3,10-14-7-5-2)8-12-9-16-11-15-12/h9,11,14H,4-8,10H2,1-3H3. The van der Waals surface area contributed by atoms with E-state index < -0.39 is 0 Å². The number of hydrogen-bond acceptors (Lipinski definition) is 3. The Hall–Kier alpha value is -0.410. The van der Waals surface area contributed by atoms with E-state index in [-0.39, 0.29) is 0 Å². The van der Waals surface area contributed by atoms with E-state index in [2.05, 4.69) is 36.5 Å². The first-order valence-corrected chi connectivity index (χ1v) is 7.22. The lowest BCUT2D eigenvalue weighted by Gasteiger charge is -2.29. The molecule has 92 valence electrons. The first-order valence-electron chi connectivity index (χ1n) is 6.28. The summed E-state index contributed by atoms with van der Waals surface area (Å²) in [5.74, 6) is 0. The summed E-state index contributed by atoms with van der Waals surface area (Å²) in [4.78, 5) is 4.40. The number of aromatic nitrogens is 1. The summed E-state index contributed by atoms with van der Waals surface area (Å²) in [6.07, 6.45) is 4.82. The Balaban J connectivity index is 2.50. The molecule has 0 radical (unpaired) electrons. The summed E-state index contributed by atoms with van der Waals surface area (Å²) < 4.78 is 0. The molecule has 1 aromatic rings. The van der Waals surface area contributed by atoms with Gasteiger partial charge in [0.15, 0.2) is 0 Å². The number of nitrogens with one attached hydrogen (secondary N) is 1. The highest BCUT2D eigenvalue weighted by atomic mass is 32.1. The van der Waals surface area contributed by atoms with Crippen LogP contribution in [0.5, 0.6) is 0 Å². The molecule has 2 nitrogen and oxygen atoms in total. The predicted molar refractivity (Wildman–Crippen MR) is 72.0 cm³/mol. The summed E-state index contributed by atoms with van der Waals surface area (Å²) in [5, 5.41) is 5.72. The molecule has 16 heavy (non-hydrogen) atoms. The Morgan fingerprint density at radius 2 is 2.19 bits per heavy atom. The number of rotatable bonds is 8. The summed E-state index contributed by atoms with van der Waals surface area (Å²) in [5.41, 5.74) is 3.54. The van der Waals surface area contributed by atoms with Gasteiger partial charge in [-0.2, -0.15) is 0 Å². The van der Waals surface area contributed by atoms with Gasteiger partial charge >= 0.3 is 0 Å². The van der Waals surface area contributed by atoms with Crippen LogP contribution in [-0.2, 0) is 6.42 Å². The smallest absolute Gasteiger partial charge is 0.0794 e. The van der Waals surface area contributed by atoms with E-state index in [0.717, 1.165) is 19.5 Å². The van der Waals surface area contributed by atoms with Gasteiger partial charge in [-0.3, -0.25) is 0 Å². The van der Waals surface area contributed by atoms with Crippen molar-refractivity contribution >= 4 is 11.3 Å². The second kappa shape index (κ2) is 7.02. The second-order valence-corrected chi connectivity index (χ2v) is 5.61. The molecule has 0 spiro atoms. The normalized spacial score (nSPS) is 14.9. The van der Waals surface area contributed by atoms with Crippen molar-refractivity contribution in [1.29, 1.82) is 0 Å².